The van der Waals surface area contributed by atoms with Crippen LogP contribution in [-0.2, 0) is 7.05 Å². The van der Waals surface area contributed by atoms with E-state index in [4.69, 9.17) is 0 Å². The summed E-state index contributed by atoms with van der Waals surface area (Å²) < 4.78 is 40.4. The number of hydrogen-bond donors (Lipinski definition) is 0. The molecule has 6 heteroatoms. The first-order valence-electron chi connectivity index (χ1n) is 5.34. The van der Waals surface area contributed by atoms with Gasteiger partial charge in [0.05, 0.1) is 0 Å². The lowest BCUT2D eigenvalue weighted by Crippen LogP contribution is -1.98. The molecule has 1 aromatic carbocycles. The van der Waals surface area contributed by atoms with Crippen LogP contribution in [0.1, 0.15) is 16.1 Å². The fourth-order valence-electron chi connectivity index (χ4n) is 1.47. The van der Waals surface area contributed by atoms with Crippen molar-refractivity contribution >= 4 is 11.9 Å². The van der Waals surface area contributed by atoms with Crippen LogP contribution in [0.5, 0.6) is 0 Å². The maximum Gasteiger partial charge on any atom is 0.206 e. The molecule has 0 fully saturated rings. The monoisotopic (exact) mass is 266 g/mol. The summed E-state index contributed by atoms with van der Waals surface area (Å²) in [6, 6.07) is 3.34. The van der Waals surface area contributed by atoms with Gasteiger partial charge in [-0.05, 0) is 30.4 Å². The molecule has 0 radical (unpaired) electrons. The first-order valence-corrected chi connectivity index (χ1v) is 5.34. The van der Waals surface area contributed by atoms with Crippen LogP contribution in [0.25, 0.3) is 6.08 Å². The summed E-state index contributed by atoms with van der Waals surface area (Å²) in [6.07, 6.45) is 3.71. The van der Waals surface area contributed by atoms with Crippen LogP contribution in [0, 0.1) is 17.5 Å². The van der Waals surface area contributed by atoms with Crippen molar-refractivity contribution < 1.29 is 18.0 Å². The Bertz CT molecular complexity index is 662. The summed E-state index contributed by atoms with van der Waals surface area (Å²) in [5.41, 5.74) is -0.0232. The second kappa shape index (κ2) is 5.09. The zero-order chi connectivity index (χ0) is 14.0. The highest BCUT2D eigenvalue weighted by molar-refractivity contribution is 6.05. The van der Waals surface area contributed by atoms with Crippen LogP contribution in [0.3, 0.4) is 0 Å². The molecule has 0 aliphatic rings. The predicted molar refractivity (Wildman–Crippen MR) is 62.9 cm³/mol. The number of aromatic nitrogens is 2. The van der Waals surface area contributed by atoms with Gasteiger partial charge >= 0.3 is 0 Å². The first kappa shape index (κ1) is 13.1. The Balaban J connectivity index is 2.24. The van der Waals surface area contributed by atoms with Crippen molar-refractivity contribution in [3.8, 4) is 0 Å². The fraction of sp³-hybridized carbons (Fsp3) is 0.0769. The highest BCUT2D eigenvalue weighted by Crippen LogP contribution is 2.16. The van der Waals surface area contributed by atoms with E-state index in [1.54, 1.807) is 13.2 Å². The average Bonchev–Trinajstić information content (AvgIpc) is 2.81. The van der Waals surface area contributed by atoms with Crippen molar-refractivity contribution in [2.45, 2.75) is 0 Å². The standard InChI is InChI=1S/C13H9F3N2O/c1-18-7-6-10(17-18)11(19)5-3-8-2-4-9(14)13(16)12(8)15/h2-7H,1H3/b5-3+. The largest absolute Gasteiger partial charge is 0.287 e. The fourth-order valence-corrected chi connectivity index (χ4v) is 1.47. The van der Waals surface area contributed by atoms with Gasteiger partial charge in [-0.1, -0.05) is 0 Å². The lowest BCUT2D eigenvalue weighted by atomic mass is 10.1. The number of carbonyl (C=O) groups excluding carboxylic acids is 1. The molecule has 0 saturated heterocycles. The topological polar surface area (TPSA) is 34.9 Å². The third-order valence-corrected chi connectivity index (χ3v) is 2.45. The van der Waals surface area contributed by atoms with Gasteiger partial charge in [-0.3, -0.25) is 9.48 Å². The van der Waals surface area contributed by atoms with Gasteiger partial charge in [0.2, 0.25) is 5.78 Å². The quantitative estimate of drug-likeness (QED) is 0.486. The van der Waals surface area contributed by atoms with Crippen LogP contribution < -0.4 is 0 Å². The Labute approximate surface area is 107 Å². The number of allylic oxidation sites excluding steroid dienone is 1. The van der Waals surface area contributed by atoms with Crippen molar-refractivity contribution in [2.24, 2.45) is 7.05 Å². The lowest BCUT2D eigenvalue weighted by molar-refractivity contribution is 0.104. The summed E-state index contributed by atoms with van der Waals surface area (Å²) in [6.45, 7) is 0. The van der Waals surface area contributed by atoms with E-state index in [0.29, 0.717) is 0 Å². The zero-order valence-corrected chi connectivity index (χ0v) is 9.90. The number of benzene rings is 1. The lowest BCUT2D eigenvalue weighted by Gasteiger charge is -1.98. The highest BCUT2D eigenvalue weighted by atomic mass is 19.2. The number of rotatable bonds is 3. The van der Waals surface area contributed by atoms with Crippen molar-refractivity contribution in [3.05, 3.63) is 59.2 Å². The molecule has 0 N–H and O–H groups in total. The normalized spacial score (nSPS) is 11.2. The van der Waals surface area contributed by atoms with E-state index in [1.165, 1.54) is 10.7 Å². The second-order valence-electron chi connectivity index (χ2n) is 3.84. The molecule has 0 unspecified atom stereocenters. The van der Waals surface area contributed by atoms with Crippen molar-refractivity contribution in [1.82, 2.24) is 9.78 Å². The molecule has 0 saturated carbocycles. The summed E-state index contributed by atoms with van der Waals surface area (Å²) in [5.74, 6) is -4.62. The van der Waals surface area contributed by atoms with E-state index < -0.39 is 23.2 Å². The zero-order valence-electron chi connectivity index (χ0n) is 9.90. The van der Waals surface area contributed by atoms with E-state index >= 15 is 0 Å². The molecule has 1 heterocycles. The summed E-state index contributed by atoms with van der Waals surface area (Å²) >= 11 is 0. The van der Waals surface area contributed by atoms with E-state index in [-0.39, 0.29) is 11.3 Å². The molecular weight excluding hydrogens is 257 g/mol. The molecule has 0 spiro atoms. The van der Waals surface area contributed by atoms with Crippen LogP contribution >= 0.6 is 0 Å². The van der Waals surface area contributed by atoms with E-state index in [2.05, 4.69) is 5.10 Å². The van der Waals surface area contributed by atoms with E-state index in [1.807, 2.05) is 0 Å². The molecule has 2 aromatic rings. The SMILES string of the molecule is Cn1ccc(C(=O)/C=C/c2ccc(F)c(F)c2F)n1. The molecule has 0 aliphatic carbocycles. The molecule has 19 heavy (non-hydrogen) atoms. The molecule has 0 amide bonds. The van der Waals surface area contributed by atoms with Crippen molar-refractivity contribution in [3.63, 3.8) is 0 Å². The third-order valence-electron chi connectivity index (χ3n) is 2.45. The predicted octanol–water partition coefficient (Wildman–Crippen LogP) is 2.73. The molecule has 0 bridgehead atoms. The van der Waals surface area contributed by atoms with Gasteiger partial charge < -0.3 is 0 Å². The molecule has 98 valence electrons. The van der Waals surface area contributed by atoms with Gasteiger partial charge in [0.25, 0.3) is 0 Å². The number of halogens is 3. The number of carbonyl (C=O) groups is 1. The summed E-state index contributed by atoms with van der Waals surface area (Å²) in [7, 11) is 1.65. The Hall–Kier alpha value is -2.37. The smallest absolute Gasteiger partial charge is 0.206 e. The number of nitrogens with zero attached hydrogens (tertiary/aromatic N) is 2. The van der Waals surface area contributed by atoms with E-state index in [0.717, 1.165) is 24.3 Å². The van der Waals surface area contributed by atoms with Gasteiger partial charge in [0, 0.05) is 18.8 Å². The van der Waals surface area contributed by atoms with Gasteiger partial charge in [-0.15, -0.1) is 0 Å². The van der Waals surface area contributed by atoms with Gasteiger partial charge in [0.15, 0.2) is 17.5 Å². The second-order valence-corrected chi connectivity index (χ2v) is 3.84. The summed E-state index contributed by atoms with van der Waals surface area (Å²) in [5, 5.41) is 3.87. The molecule has 2 rings (SSSR count). The minimum absolute atomic E-state index is 0.182. The minimum atomic E-state index is -1.56. The molecule has 3 nitrogen and oxygen atoms in total. The molecule has 0 aliphatic heterocycles. The maximum atomic E-state index is 13.3. The Morgan fingerprint density at radius 3 is 2.58 bits per heavy atom. The Morgan fingerprint density at radius 2 is 1.95 bits per heavy atom. The highest BCUT2D eigenvalue weighted by Gasteiger charge is 2.12. The third kappa shape index (κ3) is 2.73. The Morgan fingerprint density at radius 1 is 1.21 bits per heavy atom. The maximum absolute atomic E-state index is 13.3. The first-order chi connectivity index (χ1) is 8.99. The van der Waals surface area contributed by atoms with Crippen molar-refractivity contribution in [2.75, 3.05) is 0 Å². The van der Waals surface area contributed by atoms with Crippen LogP contribution in [0.4, 0.5) is 13.2 Å². The van der Waals surface area contributed by atoms with Gasteiger partial charge in [-0.2, -0.15) is 5.10 Å². The molecule has 0 atom stereocenters. The number of hydrogen-bond acceptors (Lipinski definition) is 2. The van der Waals surface area contributed by atoms with Crippen LogP contribution in [0.15, 0.2) is 30.5 Å². The molecule has 1 aromatic heterocycles. The molecular formula is C13H9F3N2O. The van der Waals surface area contributed by atoms with E-state index in [9.17, 15) is 18.0 Å². The average molecular weight is 266 g/mol. The minimum Gasteiger partial charge on any atom is -0.287 e. The van der Waals surface area contributed by atoms with Crippen LogP contribution in [0.2, 0.25) is 0 Å². The Kier molecular flexibility index (Phi) is 3.50. The van der Waals surface area contributed by atoms with Crippen LogP contribution in [-0.4, -0.2) is 15.6 Å². The number of ketones is 1. The van der Waals surface area contributed by atoms with Crippen molar-refractivity contribution in [1.29, 1.82) is 0 Å². The number of aryl methyl sites for hydroxylation is 1. The summed E-state index contributed by atoms with van der Waals surface area (Å²) in [4.78, 5) is 11.6. The van der Waals surface area contributed by atoms with Gasteiger partial charge in [-0.25, -0.2) is 13.2 Å². The van der Waals surface area contributed by atoms with Gasteiger partial charge in [0.1, 0.15) is 5.69 Å².